The Balaban J connectivity index is 1.59. The van der Waals surface area contributed by atoms with Gasteiger partial charge >= 0.3 is 0 Å². The molecule has 1 fully saturated rings. The molecule has 0 bridgehead atoms. The minimum Gasteiger partial charge on any atom is -0.496 e. The van der Waals surface area contributed by atoms with Crippen LogP contribution in [-0.2, 0) is 9.59 Å². The van der Waals surface area contributed by atoms with E-state index < -0.39 is 5.25 Å². The summed E-state index contributed by atoms with van der Waals surface area (Å²) in [5, 5.41) is 13.5. The molecule has 1 saturated heterocycles. The maximum atomic E-state index is 12.3. The van der Waals surface area contributed by atoms with Gasteiger partial charge in [-0.05, 0) is 24.3 Å². The van der Waals surface area contributed by atoms with Gasteiger partial charge in [0.1, 0.15) is 11.0 Å². The fourth-order valence-corrected chi connectivity index (χ4v) is 3.74. The van der Waals surface area contributed by atoms with E-state index in [1.54, 1.807) is 31.4 Å². The maximum Gasteiger partial charge on any atom is 0.240 e. The summed E-state index contributed by atoms with van der Waals surface area (Å²) >= 11 is 13.1. The molecule has 0 aliphatic carbocycles. The highest BCUT2D eigenvalue weighted by Gasteiger charge is 2.32. The van der Waals surface area contributed by atoms with E-state index in [4.69, 9.17) is 27.9 Å². The zero-order chi connectivity index (χ0) is 20.8. The summed E-state index contributed by atoms with van der Waals surface area (Å²) < 4.78 is 5.23. The van der Waals surface area contributed by atoms with Crippen molar-refractivity contribution >= 4 is 63.8 Å². The minimum atomic E-state index is -0.617. The third-order valence-electron chi connectivity index (χ3n) is 3.86. The predicted molar refractivity (Wildman–Crippen MR) is 117 cm³/mol. The van der Waals surface area contributed by atoms with Gasteiger partial charge in [0.2, 0.25) is 11.8 Å². The Morgan fingerprint density at radius 2 is 2.07 bits per heavy atom. The molecule has 150 valence electrons. The number of para-hydroxylation sites is 1. The predicted octanol–water partition coefficient (Wildman–Crippen LogP) is 3.95. The summed E-state index contributed by atoms with van der Waals surface area (Å²) in [7, 11) is 1.57. The summed E-state index contributed by atoms with van der Waals surface area (Å²) in [6.45, 7) is 0. The lowest BCUT2D eigenvalue weighted by Gasteiger charge is -2.09. The van der Waals surface area contributed by atoms with Gasteiger partial charge in [-0.25, -0.2) is 0 Å². The van der Waals surface area contributed by atoms with Crippen LogP contribution >= 0.6 is 35.0 Å². The molecule has 1 heterocycles. The summed E-state index contributed by atoms with van der Waals surface area (Å²) in [6, 6.07) is 12.3. The SMILES string of the molecule is COc1ccccc1/C=N\N=C1/NC(=O)C(CC(=O)Nc2cccc(Cl)c2Cl)S1. The van der Waals surface area contributed by atoms with E-state index in [1.165, 1.54) is 6.21 Å². The van der Waals surface area contributed by atoms with Gasteiger partial charge in [-0.2, -0.15) is 5.10 Å². The highest BCUT2D eigenvalue weighted by Crippen LogP contribution is 2.30. The van der Waals surface area contributed by atoms with Gasteiger partial charge < -0.3 is 15.4 Å². The Labute approximate surface area is 181 Å². The second kappa shape index (κ2) is 9.78. The number of benzene rings is 2. The van der Waals surface area contributed by atoms with E-state index in [1.807, 2.05) is 18.2 Å². The van der Waals surface area contributed by atoms with E-state index in [0.29, 0.717) is 21.6 Å². The summed E-state index contributed by atoms with van der Waals surface area (Å²) in [5.74, 6) is -0.0112. The Bertz CT molecular complexity index is 997. The molecule has 29 heavy (non-hydrogen) atoms. The molecule has 0 saturated carbocycles. The van der Waals surface area contributed by atoms with Crippen LogP contribution < -0.4 is 15.4 Å². The van der Waals surface area contributed by atoms with Gasteiger partial charge in [-0.1, -0.05) is 53.2 Å². The Hall–Kier alpha value is -2.55. The highest BCUT2D eigenvalue weighted by atomic mass is 35.5. The first kappa shape index (κ1) is 21.2. The van der Waals surface area contributed by atoms with Gasteiger partial charge in [-0.3, -0.25) is 9.59 Å². The van der Waals surface area contributed by atoms with Crippen molar-refractivity contribution in [2.75, 3.05) is 12.4 Å². The topological polar surface area (TPSA) is 92.2 Å². The van der Waals surface area contributed by atoms with Crippen molar-refractivity contribution in [1.82, 2.24) is 5.32 Å². The average Bonchev–Trinajstić information content (AvgIpc) is 3.05. The Morgan fingerprint density at radius 1 is 1.28 bits per heavy atom. The third kappa shape index (κ3) is 5.50. The fraction of sp³-hybridized carbons (Fsp3) is 0.158. The monoisotopic (exact) mass is 450 g/mol. The van der Waals surface area contributed by atoms with Crippen molar-refractivity contribution in [2.24, 2.45) is 10.2 Å². The third-order valence-corrected chi connectivity index (χ3v) is 5.75. The minimum absolute atomic E-state index is 0.0470. The van der Waals surface area contributed by atoms with Crippen molar-refractivity contribution in [3.63, 3.8) is 0 Å². The lowest BCUT2D eigenvalue weighted by Crippen LogP contribution is -2.28. The molecule has 1 atom stereocenters. The van der Waals surface area contributed by atoms with Crippen LogP contribution in [-0.4, -0.2) is 35.6 Å². The molecule has 0 aromatic heterocycles. The molecule has 1 aliphatic heterocycles. The summed E-state index contributed by atoms with van der Waals surface area (Å²) in [4.78, 5) is 24.4. The second-order valence-electron chi connectivity index (χ2n) is 5.84. The van der Waals surface area contributed by atoms with Crippen molar-refractivity contribution in [2.45, 2.75) is 11.7 Å². The molecule has 2 aromatic carbocycles. The molecule has 7 nitrogen and oxygen atoms in total. The molecular weight excluding hydrogens is 435 g/mol. The number of rotatable bonds is 6. The summed E-state index contributed by atoms with van der Waals surface area (Å²) in [5.41, 5.74) is 1.14. The van der Waals surface area contributed by atoms with Gasteiger partial charge in [-0.15, -0.1) is 5.10 Å². The normalized spacial score (nSPS) is 17.6. The average molecular weight is 451 g/mol. The van der Waals surface area contributed by atoms with Crippen molar-refractivity contribution in [1.29, 1.82) is 0 Å². The first-order valence-electron chi connectivity index (χ1n) is 8.43. The van der Waals surface area contributed by atoms with Crippen molar-refractivity contribution in [3.05, 3.63) is 58.1 Å². The quantitative estimate of drug-likeness (QED) is 0.514. The molecular formula is C19H16Cl2N4O3S. The molecule has 10 heteroatoms. The lowest BCUT2D eigenvalue weighted by atomic mass is 10.2. The number of thioether (sulfide) groups is 1. The smallest absolute Gasteiger partial charge is 0.240 e. The molecule has 3 rings (SSSR count). The van der Waals surface area contributed by atoms with E-state index in [2.05, 4.69) is 20.8 Å². The number of ether oxygens (including phenoxy) is 1. The van der Waals surface area contributed by atoms with Crippen molar-refractivity contribution < 1.29 is 14.3 Å². The van der Waals surface area contributed by atoms with Crippen LogP contribution in [0.15, 0.2) is 52.7 Å². The molecule has 0 radical (unpaired) electrons. The van der Waals surface area contributed by atoms with Crippen molar-refractivity contribution in [3.8, 4) is 5.75 Å². The maximum absolute atomic E-state index is 12.3. The van der Waals surface area contributed by atoms with Crippen LogP contribution in [0.25, 0.3) is 0 Å². The number of nitrogens with zero attached hydrogens (tertiary/aromatic N) is 2. The second-order valence-corrected chi connectivity index (χ2v) is 7.82. The van der Waals surface area contributed by atoms with Crippen LogP contribution in [0.2, 0.25) is 10.0 Å². The zero-order valence-electron chi connectivity index (χ0n) is 15.2. The number of hydrogen-bond donors (Lipinski definition) is 2. The number of nitrogens with one attached hydrogen (secondary N) is 2. The van der Waals surface area contributed by atoms with Gasteiger partial charge in [0, 0.05) is 12.0 Å². The van der Waals surface area contributed by atoms with E-state index in [9.17, 15) is 9.59 Å². The molecule has 1 aliphatic rings. The first-order valence-corrected chi connectivity index (χ1v) is 10.1. The van der Waals surface area contributed by atoms with Gasteiger partial charge in [0.25, 0.3) is 0 Å². The lowest BCUT2D eigenvalue weighted by molar-refractivity contribution is -0.122. The fourth-order valence-electron chi connectivity index (χ4n) is 2.47. The van der Waals surface area contributed by atoms with E-state index >= 15 is 0 Å². The zero-order valence-corrected chi connectivity index (χ0v) is 17.5. The molecule has 2 amide bonds. The Morgan fingerprint density at radius 3 is 2.86 bits per heavy atom. The first-order chi connectivity index (χ1) is 14.0. The number of methoxy groups -OCH3 is 1. The van der Waals surface area contributed by atoms with Crippen LogP contribution in [0.5, 0.6) is 5.75 Å². The van der Waals surface area contributed by atoms with Crippen LogP contribution in [0.1, 0.15) is 12.0 Å². The van der Waals surface area contributed by atoms with E-state index in [-0.39, 0.29) is 23.3 Å². The number of carbonyl (C=O) groups excluding carboxylic acids is 2. The number of amides is 2. The molecule has 1 unspecified atom stereocenters. The molecule has 2 aromatic rings. The number of carbonyl (C=O) groups is 2. The number of anilines is 1. The number of amidine groups is 1. The Kier molecular flexibility index (Phi) is 7.13. The number of hydrogen-bond acceptors (Lipinski definition) is 6. The molecule has 0 spiro atoms. The van der Waals surface area contributed by atoms with Crippen LogP contribution in [0.3, 0.4) is 0 Å². The van der Waals surface area contributed by atoms with Crippen LogP contribution in [0, 0.1) is 0 Å². The van der Waals surface area contributed by atoms with Gasteiger partial charge in [0.05, 0.1) is 29.1 Å². The van der Waals surface area contributed by atoms with Gasteiger partial charge in [0.15, 0.2) is 5.17 Å². The number of halogens is 2. The summed E-state index contributed by atoms with van der Waals surface area (Å²) in [6.07, 6.45) is 1.48. The van der Waals surface area contributed by atoms with E-state index in [0.717, 1.165) is 17.3 Å². The van der Waals surface area contributed by atoms with Crippen LogP contribution in [0.4, 0.5) is 5.69 Å². The largest absolute Gasteiger partial charge is 0.496 e. The molecule has 2 N–H and O–H groups in total. The standard InChI is InChI=1S/C19H16Cl2N4O3S/c1-28-14-8-3-2-5-11(14)10-22-25-19-24-18(27)15(29-19)9-16(26)23-13-7-4-6-12(20)17(13)21/h2-8,10,15H,9H2,1H3,(H,23,26)(H,24,25,27)/b22-10-. The highest BCUT2D eigenvalue weighted by molar-refractivity contribution is 8.15.